The molecule has 6 nitrogen and oxygen atoms in total. The van der Waals surface area contributed by atoms with Gasteiger partial charge in [-0.1, -0.05) is 19.3 Å². The van der Waals surface area contributed by atoms with Gasteiger partial charge in [-0.3, -0.25) is 4.68 Å². The maximum absolute atomic E-state index is 12.5. The van der Waals surface area contributed by atoms with Gasteiger partial charge in [0.1, 0.15) is 4.90 Å². The van der Waals surface area contributed by atoms with Gasteiger partial charge in [0, 0.05) is 19.6 Å². The average molecular weight is 300 g/mol. The van der Waals surface area contributed by atoms with Gasteiger partial charge in [0.05, 0.1) is 11.9 Å². The summed E-state index contributed by atoms with van der Waals surface area (Å²) in [5.41, 5.74) is 6.42. The Bertz CT molecular complexity index is 547. The molecule has 1 aliphatic carbocycles. The van der Waals surface area contributed by atoms with Crippen molar-refractivity contribution in [3.8, 4) is 0 Å². The van der Waals surface area contributed by atoms with Crippen LogP contribution in [0.1, 0.15) is 37.8 Å². The molecule has 0 saturated heterocycles. The molecule has 0 aromatic carbocycles. The first-order valence-electron chi connectivity index (χ1n) is 7.16. The number of hydrogen-bond donors (Lipinski definition) is 2. The normalized spacial score (nSPS) is 19.1. The second-order valence-electron chi connectivity index (χ2n) is 5.58. The molecule has 7 heteroatoms. The molecule has 1 aliphatic rings. The molecule has 0 aliphatic heterocycles. The van der Waals surface area contributed by atoms with Gasteiger partial charge >= 0.3 is 0 Å². The Morgan fingerprint density at radius 1 is 1.45 bits per heavy atom. The predicted molar refractivity (Wildman–Crippen MR) is 77.7 cm³/mol. The average Bonchev–Trinajstić information content (AvgIpc) is 2.78. The lowest BCUT2D eigenvalue weighted by Gasteiger charge is -2.29. The molecule has 20 heavy (non-hydrogen) atoms. The maximum Gasteiger partial charge on any atom is 0.244 e. The van der Waals surface area contributed by atoms with Crippen molar-refractivity contribution in [2.45, 2.75) is 50.0 Å². The minimum atomic E-state index is -3.54. The zero-order valence-corrected chi connectivity index (χ0v) is 13.0. The van der Waals surface area contributed by atoms with Crippen molar-refractivity contribution in [1.29, 1.82) is 0 Å². The van der Waals surface area contributed by atoms with E-state index in [1.54, 1.807) is 18.7 Å². The molecular formula is C13H24N4O2S. The van der Waals surface area contributed by atoms with E-state index in [0.29, 0.717) is 18.2 Å². The van der Waals surface area contributed by atoms with Crippen LogP contribution < -0.4 is 10.5 Å². The molecule has 0 radical (unpaired) electrons. The summed E-state index contributed by atoms with van der Waals surface area (Å²) < 4.78 is 29.3. The van der Waals surface area contributed by atoms with Crippen molar-refractivity contribution in [2.75, 3.05) is 6.54 Å². The Morgan fingerprint density at radius 2 is 2.10 bits per heavy atom. The molecule has 2 rings (SSSR count). The fraction of sp³-hybridized carbons (Fsp3) is 0.769. The monoisotopic (exact) mass is 300 g/mol. The summed E-state index contributed by atoms with van der Waals surface area (Å²) in [6.07, 6.45) is 7.06. The van der Waals surface area contributed by atoms with Crippen LogP contribution in [0.5, 0.6) is 0 Å². The van der Waals surface area contributed by atoms with Crippen LogP contribution in [-0.4, -0.2) is 30.8 Å². The number of aromatic nitrogens is 2. The minimum absolute atomic E-state index is 0.181. The Morgan fingerprint density at radius 3 is 2.60 bits per heavy atom. The van der Waals surface area contributed by atoms with E-state index in [4.69, 9.17) is 5.73 Å². The zero-order valence-electron chi connectivity index (χ0n) is 12.2. The van der Waals surface area contributed by atoms with Crippen molar-refractivity contribution < 1.29 is 8.42 Å². The van der Waals surface area contributed by atoms with Crippen LogP contribution in [-0.2, 0) is 17.1 Å². The first-order valence-corrected chi connectivity index (χ1v) is 8.65. The summed E-state index contributed by atoms with van der Waals surface area (Å²) in [5.74, 6) is 0.348. The number of aryl methyl sites for hydroxylation is 1. The van der Waals surface area contributed by atoms with Gasteiger partial charge in [-0.2, -0.15) is 5.10 Å². The second kappa shape index (κ2) is 6.24. The standard InChI is InChI=1S/C13H24N4O2S/c1-10-13(9-15-17(10)2)20(18,19)16-12(8-14)11-6-4-3-5-7-11/h9,11-12,16H,3-8,14H2,1-2H3. The molecule has 1 unspecified atom stereocenters. The second-order valence-corrected chi connectivity index (χ2v) is 7.26. The van der Waals surface area contributed by atoms with Crippen LogP contribution in [0.3, 0.4) is 0 Å². The van der Waals surface area contributed by atoms with E-state index >= 15 is 0 Å². The first-order chi connectivity index (χ1) is 9.45. The molecule has 1 aromatic rings. The van der Waals surface area contributed by atoms with Gasteiger partial charge in [0.2, 0.25) is 10.0 Å². The van der Waals surface area contributed by atoms with Crippen LogP contribution in [0.2, 0.25) is 0 Å². The highest BCUT2D eigenvalue weighted by atomic mass is 32.2. The van der Waals surface area contributed by atoms with Crippen molar-refractivity contribution in [1.82, 2.24) is 14.5 Å². The maximum atomic E-state index is 12.5. The molecule has 0 amide bonds. The third-order valence-corrected chi connectivity index (χ3v) is 5.85. The topological polar surface area (TPSA) is 90.0 Å². The summed E-state index contributed by atoms with van der Waals surface area (Å²) in [5, 5.41) is 3.99. The number of hydrogen-bond acceptors (Lipinski definition) is 4. The third-order valence-electron chi connectivity index (χ3n) is 4.26. The third kappa shape index (κ3) is 3.21. The van der Waals surface area contributed by atoms with Crippen LogP contribution >= 0.6 is 0 Å². The fourth-order valence-corrected chi connectivity index (χ4v) is 4.40. The zero-order chi connectivity index (χ0) is 14.8. The summed E-state index contributed by atoms with van der Waals surface area (Å²) >= 11 is 0. The van der Waals surface area contributed by atoms with Gasteiger partial charge in [-0.25, -0.2) is 13.1 Å². The lowest BCUT2D eigenvalue weighted by molar-refractivity contribution is 0.294. The van der Waals surface area contributed by atoms with E-state index in [2.05, 4.69) is 9.82 Å². The van der Waals surface area contributed by atoms with Gasteiger partial charge in [-0.05, 0) is 25.7 Å². The smallest absolute Gasteiger partial charge is 0.244 e. The Kier molecular flexibility index (Phi) is 4.82. The minimum Gasteiger partial charge on any atom is -0.329 e. The van der Waals surface area contributed by atoms with E-state index in [-0.39, 0.29) is 10.9 Å². The van der Waals surface area contributed by atoms with Gasteiger partial charge < -0.3 is 5.73 Å². The summed E-state index contributed by atoms with van der Waals surface area (Å²) in [4.78, 5) is 0.245. The van der Waals surface area contributed by atoms with Crippen LogP contribution in [0.4, 0.5) is 0 Å². The molecule has 1 aromatic heterocycles. The van der Waals surface area contributed by atoms with E-state index in [9.17, 15) is 8.42 Å². The van der Waals surface area contributed by atoms with Gasteiger partial charge in [0.25, 0.3) is 0 Å². The van der Waals surface area contributed by atoms with E-state index in [0.717, 1.165) is 25.7 Å². The molecule has 114 valence electrons. The van der Waals surface area contributed by atoms with Gasteiger partial charge in [-0.15, -0.1) is 0 Å². The van der Waals surface area contributed by atoms with Gasteiger partial charge in [0.15, 0.2) is 0 Å². The lowest BCUT2D eigenvalue weighted by atomic mass is 9.84. The van der Waals surface area contributed by atoms with E-state index in [1.165, 1.54) is 12.6 Å². The number of nitrogens with two attached hydrogens (primary N) is 1. The molecule has 1 saturated carbocycles. The highest BCUT2D eigenvalue weighted by Gasteiger charge is 2.29. The number of sulfonamides is 1. The summed E-state index contributed by atoms with van der Waals surface area (Å²) in [7, 11) is -1.81. The van der Waals surface area contributed by atoms with Crippen LogP contribution in [0, 0.1) is 12.8 Å². The molecular weight excluding hydrogens is 276 g/mol. The highest BCUT2D eigenvalue weighted by Crippen LogP contribution is 2.27. The Labute approximate surface area is 120 Å². The summed E-state index contributed by atoms with van der Waals surface area (Å²) in [6.45, 7) is 2.09. The van der Waals surface area contributed by atoms with Crippen LogP contribution in [0.25, 0.3) is 0 Å². The quantitative estimate of drug-likeness (QED) is 0.846. The SMILES string of the molecule is Cc1c(S(=O)(=O)NC(CN)C2CCCCC2)cnn1C. The van der Waals surface area contributed by atoms with Crippen LogP contribution in [0.15, 0.2) is 11.1 Å². The van der Waals surface area contributed by atoms with Crippen molar-refractivity contribution in [3.05, 3.63) is 11.9 Å². The molecule has 1 heterocycles. The largest absolute Gasteiger partial charge is 0.329 e. The summed E-state index contributed by atoms with van der Waals surface area (Å²) in [6, 6.07) is -0.181. The number of nitrogens with one attached hydrogen (secondary N) is 1. The first kappa shape index (κ1) is 15.5. The van der Waals surface area contributed by atoms with E-state index < -0.39 is 10.0 Å². The Hall–Kier alpha value is -0.920. The number of nitrogens with zero attached hydrogens (tertiary/aromatic N) is 2. The molecule has 3 N–H and O–H groups in total. The molecule has 1 fully saturated rings. The Balaban J connectivity index is 2.15. The molecule has 1 atom stereocenters. The highest BCUT2D eigenvalue weighted by molar-refractivity contribution is 7.89. The lowest BCUT2D eigenvalue weighted by Crippen LogP contribution is -2.45. The van der Waals surface area contributed by atoms with Crippen molar-refractivity contribution >= 4 is 10.0 Å². The molecule has 0 spiro atoms. The van der Waals surface area contributed by atoms with Crippen molar-refractivity contribution in [2.24, 2.45) is 18.7 Å². The number of rotatable bonds is 5. The fourth-order valence-electron chi connectivity index (χ4n) is 2.88. The molecule has 0 bridgehead atoms. The van der Waals surface area contributed by atoms with Crippen molar-refractivity contribution in [3.63, 3.8) is 0 Å². The van der Waals surface area contributed by atoms with E-state index in [1.807, 2.05) is 0 Å². The predicted octanol–water partition coefficient (Wildman–Crippen LogP) is 0.914.